The van der Waals surface area contributed by atoms with E-state index < -0.39 is 0 Å². The zero-order valence-electron chi connectivity index (χ0n) is 9.16. The molecule has 0 spiro atoms. The first kappa shape index (κ1) is 12.4. The van der Waals surface area contributed by atoms with E-state index in [1.807, 2.05) is 12.3 Å². The van der Waals surface area contributed by atoms with E-state index in [0.717, 1.165) is 16.5 Å². The van der Waals surface area contributed by atoms with Gasteiger partial charge in [-0.3, -0.25) is 9.78 Å². The van der Waals surface area contributed by atoms with Gasteiger partial charge in [-0.1, -0.05) is 13.8 Å². The lowest BCUT2D eigenvalue weighted by molar-refractivity contribution is -0.119. The molecule has 0 aliphatic carbocycles. The fraction of sp³-hybridized carbons (Fsp3) is 0.500. The van der Waals surface area contributed by atoms with Crippen LogP contribution in [0.5, 0.6) is 0 Å². The van der Waals surface area contributed by atoms with E-state index in [1.54, 1.807) is 6.20 Å². The van der Waals surface area contributed by atoms with Crippen molar-refractivity contribution in [2.24, 2.45) is 5.92 Å². The van der Waals surface area contributed by atoms with Gasteiger partial charge >= 0.3 is 0 Å². The highest BCUT2D eigenvalue weighted by atomic mass is 79.9. The van der Waals surface area contributed by atoms with Crippen LogP contribution in [0.15, 0.2) is 22.9 Å². The normalized spacial score (nSPS) is 10.7. The molecule has 1 rings (SSSR count). The highest BCUT2D eigenvalue weighted by Gasteiger charge is 2.05. The van der Waals surface area contributed by atoms with Gasteiger partial charge < -0.3 is 0 Å². The largest absolute Gasteiger partial charge is 0.300 e. The molecule has 2 nitrogen and oxygen atoms in total. The molecule has 0 N–H and O–H groups in total. The van der Waals surface area contributed by atoms with Crippen LogP contribution in [-0.2, 0) is 11.2 Å². The minimum absolute atomic E-state index is 0.338. The maximum absolute atomic E-state index is 11.5. The van der Waals surface area contributed by atoms with Crippen molar-refractivity contribution in [2.45, 2.75) is 33.1 Å². The van der Waals surface area contributed by atoms with E-state index in [9.17, 15) is 4.79 Å². The molecule has 0 atom stereocenters. The Hall–Kier alpha value is -0.700. The van der Waals surface area contributed by atoms with Gasteiger partial charge in [0.2, 0.25) is 0 Å². The molecule has 1 aromatic heterocycles. The molecule has 0 radical (unpaired) electrons. The lowest BCUT2D eigenvalue weighted by atomic mass is 10.0. The van der Waals surface area contributed by atoms with Gasteiger partial charge in [0.15, 0.2) is 0 Å². The number of ketones is 1. The Labute approximate surface area is 99.2 Å². The first-order chi connectivity index (χ1) is 7.08. The van der Waals surface area contributed by atoms with E-state index in [-0.39, 0.29) is 0 Å². The minimum atomic E-state index is 0.338. The third-order valence-electron chi connectivity index (χ3n) is 2.09. The van der Waals surface area contributed by atoms with Crippen LogP contribution in [0.4, 0.5) is 0 Å². The number of halogens is 1. The van der Waals surface area contributed by atoms with Crippen LogP contribution in [0.1, 0.15) is 32.3 Å². The summed E-state index contributed by atoms with van der Waals surface area (Å²) < 4.78 is 0.969. The van der Waals surface area contributed by atoms with E-state index >= 15 is 0 Å². The number of carbonyl (C=O) groups is 1. The Morgan fingerprint density at radius 1 is 1.47 bits per heavy atom. The quantitative estimate of drug-likeness (QED) is 0.820. The van der Waals surface area contributed by atoms with Crippen molar-refractivity contribution >= 4 is 21.7 Å². The minimum Gasteiger partial charge on any atom is -0.300 e. The molecule has 0 unspecified atom stereocenters. The smallest absolute Gasteiger partial charge is 0.133 e. The lowest BCUT2D eigenvalue weighted by Crippen LogP contribution is -2.04. The van der Waals surface area contributed by atoms with E-state index in [1.165, 1.54) is 0 Å². The van der Waals surface area contributed by atoms with Crippen LogP contribution in [0.2, 0.25) is 0 Å². The van der Waals surface area contributed by atoms with Crippen molar-refractivity contribution in [3.8, 4) is 0 Å². The summed E-state index contributed by atoms with van der Waals surface area (Å²) >= 11 is 3.36. The molecule has 0 amide bonds. The zero-order chi connectivity index (χ0) is 11.3. The summed E-state index contributed by atoms with van der Waals surface area (Å²) in [5.41, 5.74) is 1.11. The average Bonchev–Trinajstić information content (AvgIpc) is 2.14. The molecule has 0 bridgehead atoms. The van der Waals surface area contributed by atoms with Gasteiger partial charge in [-0.25, -0.2) is 0 Å². The number of pyridine rings is 1. The maximum Gasteiger partial charge on any atom is 0.133 e. The lowest BCUT2D eigenvalue weighted by Gasteiger charge is -2.04. The molecule has 3 heteroatoms. The zero-order valence-corrected chi connectivity index (χ0v) is 10.8. The second kappa shape index (κ2) is 6.01. The van der Waals surface area contributed by atoms with E-state index in [4.69, 9.17) is 0 Å². The van der Waals surface area contributed by atoms with Crippen LogP contribution < -0.4 is 0 Å². The van der Waals surface area contributed by atoms with E-state index in [2.05, 4.69) is 34.8 Å². The summed E-state index contributed by atoms with van der Waals surface area (Å²) in [5.74, 6) is 0.795. The fourth-order valence-electron chi connectivity index (χ4n) is 1.43. The van der Waals surface area contributed by atoms with Crippen LogP contribution in [0.25, 0.3) is 0 Å². The Kier molecular flexibility index (Phi) is 4.95. The number of aryl methyl sites for hydroxylation is 1. The van der Waals surface area contributed by atoms with Crippen LogP contribution in [0.3, 0.4) is 0 Å². The second-order valence-electron chi connectivity index (χ2n) is 4.15. The topological polar surface area (TPSA) is 30.0 Å². The van der Waals surface area contributed by atoms with Crippen molar-refractivity contribution in [1.29, 1.82) is 0 Å². The summed E-state index contributed by atoms with van der Waals surface area (Å²) in [4.78, 5) is 15.5. The van der Waals surface area contributed by atoms with Gasteiger partial charge in [0.1, 0.15) is 5.78 Å². The second-order valence-corrected chi connectivity index (χ2v) is 5.06. The molecule has 1 heterocycles. The summed E-state index contributed by atoms with van der Waals surface area (Å²) in [5, 5.41) is 0. The Bertz CT molecular complexity index is 336. The van der Waals surface area contributed by atoms with Crippen molar-refractivity contribution in [1.82, 2.24) is 4.98 Å². The van der Waals surface area contributed by atoms with E-state index in [0.29, 0.717) is 24.5 Å². The predicted octanol–water partition coefficient (Wildman–Crippen LogP) is 3.39. The number of nitrogens with zero attached hydrogens (tertiary/aromatic N) is 1. The molecular formula is C12H16BrNO. The van der Waals surface area contributed by atoms with Gasteiger partial charge in [0, 0.05) is 29.7 Å². The molecule has 1 aromatic rings. The van der Waals surface area contributed by atoms with Crippen molar-refractivity contribution in [3.05, 3.63) is 28.5 Å². The van der Waals surface area contributed by atoms with Crippen molar-refractivity contribution < 1.29 is 4.79 Å². The first-order valence-electron chi connectivity index (χ1n) is 5.19. The van der Waals surface area contributed by atoms with Crippen LogP contribution in [-0.4, -0.2) is 10.8 Å². The molecule has 15 heavy (non-hydrogen) atoms. The Morgan fingerprint density at radius 2 is 2.20 bits per heavy atom. The first-order valence-corrected chi connectivity index (χ1v) is 5.98. The summed E-state index contributed by atoms with van der Waals surface area (Å²) in [6, 6.07) is 2.01. The number of carbonyl (C=O) groups excluding carboxylic acids is 1. The third-order valence-corrected chi connectivity index (χ3v) is 2.52. The van der Waals surface area contributed by atoms with Crippen LogP contribution >= 0.6 is 15.9 Å². The van der Waals surface area contributed by atoms with Gasteiger partial charge in [-0.05, 0) is 39.9 Å². The molecule has 82 valence electrons. The highest BCUT2D eigenvalue weighted by molar-refractivity contribution is 9.10. The summed E-state index contributed by atoms with van der Waals surface area (Å²) in [7, 11) is 0. The molecule has 0 aliphatic rings. The average molecular weight is 270 g/mol. The SMILES string of the molecule is CC(C)CC(=O)CCc1cncc(Br)c1. The summed E-state index contributed by atoms with van der Waals surface area (Å²) in [6.07, 6.45) is 5.66. The maximum atomic E-state index is 11.5. The van der Waals surface area contributed by atoms with Gasteiger partial charge in [0.25, 0.3) is 0 Å². The van der Waals surface area contributed by atoms with Crippen molar-refractivity contribution in [2.75, 3.05) is 0 Å². The van der Waals surface area contributed by atoms with Gasteiger partial charge in [-0.15, -0.1) is 0 Å². The molecule has 0 saturated heterocycles. The Balaban J connectivity index is 2.40. The predicted molar refractivity (Wildman–Crippen MR) is 64.7 cm³/mol. The number of hydrogen-bond donors (Lipinski definition) is 0. The number of hydrogen-bond acceptors (Lipinski definition) is 2. The fourth-order valence-corrected chi connectivity index (χ4v) is 1.85. The van der Waals surface area contributed by atoms with Gasteiger partial charge in [0.05, 0.1) is 0 Å². The number of Topliss-reactive ketones (excluding diaryl/α,β-unsaturated/α-hetero) is 1. The van der Waals surface area contributed by atoms with Crippen molar-refractivity contribution in [3.63, 3.8) is 0 Å². The number of aromatic nitrogens is 1. The van der Waals surface area contributed by atoms with Crippen LogP contribution in [0, 0.1) is 5.92 Å². The molecular weight excluding hydrogens is 254 g/mol. The molecule has 0 fully saturated rings. The third kappa shape index (κ3) is 5.07. The summed E-state index contributed by atoms with van der Waals surface area (Å²) in [6.45, 7) is 4.14. The molecule has 0 aromatic carbocycles. The monoisotopic (exact) mass is 269 g/mol. The molecule has 0 aliphatic heterocycles. The van der Waals surface area contributed by atoms with Gasteiger partial charge in [-0.2, -0.15) is 0 Å². The Morgan fingerprint density at radius 3 is 2.80 bits per heavy atom. The molecule has 0 saturated carbocycles. The number of rotatable bonds is 5. The standard InChI is InChI=1S/C12H16BrNO/c1-9(2)5-12(15)4-3-10-6-11(13)8-14-7-10/h6-9H,3-5H2,1-2H3. The highest BCUT2D eigenvalue weighted by Crippen LogP contribution is 2.12.